The number of fused-ring (bicyclic) bond motifs is 1. The Morgan fingerprint density at radius 3 is 2.56 bits per heavy atom. The van der Waals surface area contributed by atoms with Gasteiger partial charge in [-0.05, 0) is 18.6 Å². The third-order valence-electron chi connectivity index (χ3n) is 7.30. The normalized spacial score (nSPS) is 20.7. The minimum absolute atomic E-state index is 0.0410. The zero-order valence-electron chi connectivity index (χ0n) is 21.9. The molecule has 1 aliphatic heterocycles. The lowest BCUT2D eigenvalue weighted by Gasteiger charge is -2.37. The van der Waals surface area contributed by atoms with Crippen LogP contribution in [0.2, 0.25) is 0 Å². The SMILES string of the molecule is COCC1CC(NC(=O)c2cc(-c3cc(C(F)(F)F)c4c(N)ncnn34)cnc2OC)CN1C(=O)C1CC(F)(F)C1. The number of likely N-dealkylation sites (tertiary alicyclic amines) is 1. The van der Waals surface area contributed by atoms with Gasteiger partial charge >= 0.3 is 6.18 Å². The molecule has 220 valence electrons. The predicted octanol–water partition coefficient (Wildman–Crippen LogP) is 2.79. The van der Waals surface area contributed by atoms with Crippen LogP contribution in [-0.2, 0) is 15.7 Å². The molecule has 1 saturated carbocycles. The second kappa shape index (κ2) is 10.4. The van der Waals surface area contributed by atoms with Gasteiger partial charge in [-0.2, -0.15) is 18.3 Å². The molecule has 2 aliphatic rings. The van der Waals surface area contributed by atoms with Crippen molar-refractivity contribution in [1.82, 2.24) is 29.8 Å². The second-order valence-electron chi connectivity index (χ2n) is 10.1. The molecule has 3 N–H and O–H groups in total. The van der Waals surface area contributed by atoms with Crippen LogP contribution in [-0.4, -0.2) is 81.7 Å². The number of carbonyl (C=O) groups excluding carboxylic acids is 2. The number of nitrogens with one attached hydrogen (secondary N) is 1. The number of hydrogen-bond donors (Lipinski definition) is 2. The number of pyridine rings is 1. The third-order valence-corrected chi connectivity index (χ3v) is 7.30. The smallest absolute Gasteiger partial charge is 0.418 e. The van der Waals surface area contributed by atoms with Crippen LogP contribution in [0.1, 0.15) is 35.2 Å². The molecule has 2 amide bonds. The molecule has 4 heterocycles. The van der Waals surface area contributed by atoms with Crippen molar-refractivity contribution in [1.29, 1.82) is 0 Å². The van der Waals surface area contributed by atoms with E-state index in [0.29, 0.717) is 6.42 Å². The van der Waals surface area contributed by atoms with Crippen LogP contribution >= 0.6 is 0 Å². The molecule has 3 aromatic heterocycles. The highest BCUT2D eigenvalue weighted by Crippen LogP contribution is 2.44. The van der Waals surface area contributed by atoms with E-state index >= 15 is 0 Å². The van der Waals surface area contributed by atoms with E-state index in [4.69, 9.17) is 15.2 Å². The number of alkyl halides is 5. The van der Waals surface area contributed by atoms with E-state index in [2.05, 4.69) is 20.4 Å². The number of nitrogens with two attached hydrogens (primary N) is 1. The molecule has 41 heavy (non-hydrogen) atoms. The van der Waals surface area contributed by atoms with Gasteiger partial charge in [-0.15, -0.1) is 0 Å². The van der Waals surface area contributed by atoms with Crippen molar-refractivity contribution in [3.8, 4) is 17.1 Å². The van der Waals surface area contributed by atoms with Gasteiger partial charge in [-0.3, -0.25) is 9.59 Å². The maximum absolute atomic E-state index is 13.8. The highest BCUT2D eigenvalue weighted by Gasteiger charge is 2.51. The highest BCUT2D eigenvalue weighted by atomic mass is 19.4. The molecule has 5 rings (SSSR count). The molecule has 1 aliphatic carbocycles. The number of carbonyl (C=O) groups is 2. The van der Waals surface area contributed by atoms with Gasteiger partial charge in [-0.1, -0.05) is 0 Å². The van der Waals surface area contributed by atoms with E-state index in [9.17, 15) is 31.5 Å². The number of amides is 2. The fraction of sp³-hybridized carbons (Fsp3) is 0.480. The maximum atomic E-state index is 13.8. The molecule has 2 atom stereocenters. The first-order valence-electron chi connectivity index (χ1n) is 12.5. The van der Waals surface area contributed by atoms with E-state index in [1.807, 2.05) is 0 Å². The van der Waals surface area contributed by atoms with Crippen LogP contribution in [0.15, 0.2) is 24.7 Å². The van der Waals surface area contributed by atoms with Crippen molar-refractivity contribution in [3.05, 3.63) is 35.8 Å². The average Bonchev–Trinajstić information content (AvgIpc) is 3.49. The Labute approximate surface area is 229 Å². The fourth-order valence-electron chi connectivity index (χ4n) is 5.38. The van der Waals surface area contributed by atoms with E-state index in [1.165, 1.54) is 31.4 Å². The summed E-state index contributed by atoms with van der Waals surface area (Å²) in [5.41, 5.74) is 4.22. The summed E-state index contributed by atoms with van der Waals surface area (Å²) in [6.45, 7) is 0.222. The summed E-state index contributed by atoms with van der Waals surface area (Å²) in [4.78, 5) is 35.5. The van der Waals surface area contributed by atoms with Crippen LogP contribution in [0, 0.1) is 5.92 Å². The summed E-state index contributed by atoms with van der Waals surface area (Å²) in [5, 5.41) is 6.71. The van der Waals surface area contributed by atoms with E-state index in [0.717, 1.165) is 16.9 Å². The largest absolute Gasteiger partial charge is 0.480 e. The highest BCUT2D eigenvalue weighted by molar-refractivity contribution is 5.98. The minimum atomic E-state index is -4.76. The van der Waals surface area contributed by atoms with E-state index < -0.39 is 65.8 Å². The number of nitrogens with zero attached hydrogens (tertiary/aromatic N) is 5. The van der Waals surface area contributed by atoms with Crippen molar-refractivity contribution in [2.45, 2.75) is 43.4 Å². The summed E-state index contributed by atoms with van der Waals surface area (Å²) < 4.78 is 79.4. The fourth-order valence-corrected chi connectivity index (χ4v) is 5.38. The minimum Gasteiger partial charge on any atom is -0.480 e. The maximum Gasteiger partial charge on any atom is 0.418 e. The molecule has 16 heteroatoms. The van der Waals surface area contributed by atoms with Crippen molar-refractivity contribution in [2.75, 3.05) is 33.1 Å². The van der Waals surface area contributed by atoms with Gasteiger partial charge in [0.05, 0.1) is 31.0 Å². The Balaban J connectivity index is 1.41. The van der Waals surface area contributed by atoms with Crippen LogP contribution in [0.5, 0.6) is 5.88 Å². The molecular weight excluding hydrogens is 557 g/mol. The quantitative estimate of drug-likeness (QED) is 0.406. The number of ether oxygens (including phenoxy) is 2. The van der Waals surface area contributed by atoms with Crippen molar-refractivity contribution in [3.63, 3.8) is 0 Å². The van der Waals surface area contributed by atoms with Gasteiger partial charge in [0, 0.05) is 50.2 Å². The van der Waals surface area contributed by atoms with Crippen molar-refractivity contribution >= 4 is 23.1 Å². The molecule has 0 bridgehead atoms. The Morgan fingerprint density at radius 2 is 1.93 bits per heavy atom. The summed E-state index contributed by atoms with van der Waals surface area (Å²) in [6, 6.07) is 1.16. The number of nitrogen functional groups attached to an aromatic ring is 1. The van der Waals surface area contributed by atoms with Gasteiger partial charge in [0.15, 0.2) is 5.82 Å². The summed E-state index contributed by atoms with van der Waals surface area (Å²) in [6.07, 6.45) is -3.26. The van der Waals surface area contributed by atoms with Crippen LogP contribution < -0.4 is 15.8 Å². The van der Waals surface area contributed by atoms with Crippen LogP contribution in [0.25, 0.3) is 16.8 Å². The van der Waals surface area contributed by atoms with Gasteiger partial charge < -0.3 is 25.4 Å². The predicted molar refractivity (Wildman–Crippen MR) is 133 cm³/mol. The number of methoxy groups -OCH3 is 2. The van der Waals surface area contributed by atoms with E-state index in [1.54, 1.807) is 0 Å². The monoisotopic (exact) mass is 583 g/mol. The first kappa shape index (κ1) is 28.4. The molecule has 11 nitrogen and oxygen atoms in total. The van der Waals surface area contributed by atoms with E-state index in [-0.39, 0.29) is 41.7 Å². The Kier molecular flexibility index (Phi) is 7.21. The molecule has 0 aromatic carbocycles. The van der Waals surface area contributed by atoms with Crippen LogP contribution in [0.3, 0.4) is 0 Å². The molecule has 1 saturated heterocycles. The van der Waals surface area contributed by atoms with Crippen molar-refractivity contribution in [2.24, 2.45) is 5.92 Å². The molecular formula is C25H26F5N7O4. The number of aromatic nitrogens is 4. The van der Waals surface area contributed by atoms with Gasteiger partial charge in [-0.25, -0.2) is 23.3 Å². The number of halogens is 5. The van der Waals surface area contributed by atoms with Crippen molar-refractivity contribution < 1.29 is 41.0 Å². The Bertz CT molecular complexity index is 1490. The number of hydrogen-bond acceptors (Lipinski definition) is 8. The summed E-state index contributed by atoms with van der Waals surface area (Å²) in [7, 11) is 2.72. The third kappa shape index (κ3) is 5.35. The second-order valence-corrected chi connectivity index (χ2v) is 10.1. The first-order chi connectivity index (χ1) is 19.3. The molecule has 3 aromatic rings. The summed E-state index contributed by atoms with van der Waals surface area (Å²) >= 11 is 0. The number of rotatable bonds is 7. The zero-order valence-corrected chi connectivity index (χ0v) is 21.9. The lowest BCUT2D eigenvalue weighted by atomic mass is 9.80. The molecule has 0 spiro atoms. The molecule has 0 radical (unpaired) electrons. The van der Waals surface area contributed by atoms with Gasteiger partial charge in [0.2, 0.25) is 17.7 Å². The number of anilines is 1. The first-order valence-corrected chi connectivity index (χ1v) is 12.5. The standard InChI is InChI=1S/C25H26F5N7O4/c1-40-10-15-4-14(9-36(15)23(39)13-6-24(26,27)7-13)35-21(38)16-3-12(8-32-22(16)41-2)18-5-17(25(28,29)30)19-20(31)33-11-34-37(18)19/h3,5,8,11,13-15H,4,6-7,9-10H2,1-2H3,(H,35,38)(H2,31,33,34). The lowest BCUT2D eigenvalue weighted by Crippen LogP contribution is -2.49. The van der Waals surface area contributed by atoms with Gasteiger partial charge in [0.25, 0.3) is 5.91 Å². The topological polar surface area (TPSA) is 137 Å². The lowest BCUT2D eigenvalue weighted by molar-refractivity contribution is -0.161. The molecule has 2 fully saturated rings. The van der Waals surface area contributed by atoms with Gasteiger partial charge in [0.1, 0.15) is 17.4 Å². The summed E-state index contributed by atoms with van der Waals surface area (Å²) in [5.74, 6) is -5.20. The zero-order chi connectivity index (χ0) is 29.7. The van der Waals surface area contributed by atoms with Crippen LogP contribution in [0.4, 0.5) is 27.8 Å². The Hall–Kier alpha value is -4.08. The molecule has 2 unspecified atom stereocenters. The Morgan fingerprint density at radius 1 is 1.20 bits per heavy atom. The average molecular weight is 584 g/mol.